The van der Waals surface area contributed by atoms with Gasteiger partial charge in [-0.2, -0.15) is 0 Å². The Morgan fingerprint density at radius 3 is 3.05 bits per heavy atom. The van der Waals surface area contributed by atoms with Crippen molar-refractivity contribution >= 4 is 5.91 Å². The average Bonchev–Trinajstić information content (AvgIpc) is 3.14. The fourth-order valence-electron chi connectivity index (χ4n) is 2.42. The number of aromatic nitrogens is 4. The van der Waals surface area contributed by atoms with E-state index in [9.17, 15) is 4.79 Å². The van der Waals surface area contributed by atoms with Crippen molar-refractivity contribution in [2.24, 2.45) is 0 Å². The van der Waals surface area contributed by atoms with Crippen molar-refractivity contribution < 1.29 is 9.21 Å². The van der Waals surface area contributed by atoms with Crippen LogP contribution in [0.3, 0.4) is 0 Å². The van der Waals surface area contributed by atoms with Crippen LogP contribution in [0, 0.1) is 0 Å². The molecule has 2 aromatic rings. The molecule has 1 fully saturated rings. The second-order valence-corrected chi connectivity index (χ2v) is 4.64. The van der Waals surface area contributed by atoms with E-state index in [0.29, 0.717) is 24.2 Å². The van der Waals surface area contributed by atoms with E-state index in [1.165, 1.54) is 19.1 Å². The van der Waals surface area contributed by atoms with Gasteiger partial charge in [0.2, 0.25) is 0 Å². The molecule has 1 saturated carbocycles. The van der Waals surface area contributed by atoms with Crippen LogP contribution in [-0.2, 0) is 6.54 Å². The number of rotatable bonds is 4. The highest BCUT2D eigenvalue weighted by atomic mass is 16.3. The molecule has 1 aliphatic carbocycles. The van der Waals surface area contributed by atoms with E-state index in [-0.39, 0.29) is 5.91 Å². The minimum Gasteiger partial charge on any atom is -0.459 e. The van der Waals surface area contributed by atoms with E-state index >= 15 is 0 Å². The molecule has 0 unspecified atom stereocenters. The number of nitrogens with one attached hydrogen (secondary N) is 1. The molecule has 0 bridgehead atoms. The zero-order chi connectivity index (χ0) is 13.1. The lowest BCUT2D eigenvalue weighted by atomic mass is 10.2. The Morgan fingerprint density at radius 2 is 2.32 bits per heavy atom. The van der Waals surface area contributed by atoms with Gasteiger partial charge in [-0.1, -0.05) is 12.8 Å². The predicted molar refractivity (Wildman–Crippen MR) is 65.2 cm³/mol. The molecule has 19 heavy (non-hydrogen) atoms. The zero-order valence-electron chi connectivity index (χ0n) is 10.5. The Balaban J connectivity index is 1.64. The molecule has 2 heterocycles. The van der Waals surface area contributed by atoms with Crippen LogP contribution in [0.1, 0.15) is 48.1 Å². The largest absolute Gasteiger partial charge is 0.459 e. The van der Waals surface area contributed by atoms with Crippen LogP contribution in [-0.4, -0.2) is 26.1 Å². The highest BCUT2D eigenvalue weighted by molar-refractivity contribution is 5.91. The number of tetrazole rings is 1. The molecular formula is C12H15N5O2. The van der Waals surface area contributed by atoms with Crippen molar-refractivity contribution in [2.45, 2.75) is 38.3 Å². The van der Waals surface area contributed by atoms with E-state index in [2.05, 4.69) is 20.8 Å². The van der Waals surface area contributed by atoms with Gasteiger partial charge in [0.15, 0.2) is 11.6 Å². The topological polar surface area (TPSA) is 85.8 Å². The standard InChI is InChI=1S/C12H15N5O2/c18-12(10-6-3-7-19-10)13-8-11-14-15-16-17(11)9-4-1-2-5-9/h3,6-7,9H,1-2,4-5,8H2,(H,13,18). The normalized spacial score (nSPS) is 15.8. The number of hydrogen-bond donors (Lipinski definition) is 1. The molecule has 100 valence electrons. The minimum absolute atomic E-state index is 0.258. The molecule has 3 rings (SSSR count). The summed E-state index contributed by atoms with van der Waals surface area (Å²) in [6, 6.07) is 3.66. The Kier molecular flexibility index (Phi) is 3.26. The second-order valence-electron chi connectivity index (χ2n) is 4.64. The number of amides is 1. The van der Waals surface area contributed by atoms with Gasteiger partial charge in [0.1, 0.15) is 0 Å². The van der Waals surface area contributed by atoms with Crippen molar-refractivity contribution in [1.82, 2.24) is 25.5 Å². The quantitative estimate of drug-likeness (QED) is 0.896. The second kappa shape index (κ2) is 5.21. The summed E-state index contributed by atoms with van der Waals surface area (Å²) in [5.74, 6) is 0.720. The van der Waals surface area contributed by atoms with Gasteiger partial charge in [0, 0.05) is 0 Å². The van der Waals surface area contributed by atoms with Crippen LogP contribution < -0.4 is 5.32 Å². The molecule has 7 nitrogen and oxygen atoms in total. The molecule has 1 amide bonds. The third-order valence-corrected chi connectivity index (χ3v) is 3.38. The molecule has 1 aliphatic rings. The molecule has 0 aliphatic heterocycles. The third-order valence-electron chi connectivity index (χ3n) is 3.38. The summed E-state index contributed by atoms with van der Waals surface area (Å²) in [7, 11) is 0. The van der Waals surface area contributed by atoms with Gasteiger partial charge in [0.25, 0.3) is 5.91 Å². The molecule has 1 N–H and O–H groups in total. The van der Waals surface area contributed by atoms with Crippen LogP contribution in [0.4, 0.5) is 0 Å². The van der Waals surface area contributed by atoms with E-state index < -0.39 is 0 Å². The summed E-state index contributed by atoms with van der Waals surface area (Å²) in [4.78, 5) is 11.8. The average molecular weight is 261 g/mol. The molecule has 0 saturated heterocycles. The number of carbonyl (C=O) groups excluding carboxylic acids is 1. The Labute approximate surface area is 110 Å². The summed E-state index contributed by atoms with van der Waals surface area (Å²) in [6.45, 7) is 0.309. The van der Waals surface area contributed by atoms with Crippen molar-refractivity contribution in [3.05, 3.63) is 30.0 Å². The van der Waals surface area contributed by atoms with Crippen LogP contribution in [0.5, 0.6) is 0 Å². The summed E-state index contributed by atoms with van der Waals surface area (Å²) in [5, 5.41) is 14.4. The van der Waals surface area contributed by atoms with Gasteiger partial charge in [0.05, 0.1) is 18.8 Å². The van der Waals surface area contributed by atoms with Gasteiger partial charge < -0.3 is 9.73 Å². The lowest BCUT2D eigenvalue weighted by molar-refractivity contribution is 0.0921. The van der Waals surface area contributed by atoms with E-state index in [4.69, 9.17) is 4.42 Å². The monoisotopic (exact) mass is 261 g/mol. The molecule has 0 radical (unpaired) electrons. The maximum atomic E-state index is 11.8. The van der Waals surface area contributed by atoms with Crippen molar-refractivity contribution in [3.8, 4) is 0 Å². The summed E-state index contributed by atoms with van der Waals surface area (Å²) >= 11 is 0. The highest BCUT2D eigenvalue weighted by Gasteiger charge is 2.21. The van der Waals surface area contributed by atoms with E-state index in [0.717, 1.165) is 12.8 Å². The first-order valence-corrected chi connectivity index (χ1v) is 6.43. The predicted octanol–water partition coefficient (Wildman–Crippen LogP) is 1.31. The lowest BCUT2D eigenvalue weighted by Crippen LogP contribution is -2.25. The van der Waals surface area contributed by atoms with E-state index in [1.54, 1.807) is 12.1 Å². The van der Waals surface area contributed by atoms with Crippen LogP contribution in [0.2, 0.25) is 0 Å². The highest BCUT2D eigenvalue weighted by Crippen LogP contribution is 2.28. The molecule has 7 heteroatoms. The molecular weight excluding hydrogens is 246 g/mol. The number of carbonyl (C=O) groups is 1. The molecule has 0 atom stereocenters. The van der Waals surface area contributed by atoms with Gasteiger partial charge in [-0.25, -0.2) is 4.68 Å². The minimum atomic E-state index is -0.258. The van der Waals surface area contributed by atoms with Gasteiger partial charge in [-0.15, -0.1) is 5.10 Å². The molecule has 2 aromatic heterocycles. The summed E-state index contributed by atoms with van der Waals surface area (Å²) < 4.78 is 6.85. The fraction of sp³-hybridized carbons (Fsp3) is 0.500. The first-order valence-electron chi connectivity index (χ1n) is 6.43. The molecule has 0 spiro atoms. The first kappa shape index (κ1) is 11.9. The van der Waals surface area contributed by atoms with Crippen molar-refractivity contribution in [1.29, 1.82) is 0 Å². The van der Waals surface area contributed by atoms with Crippen molar-refractivity contribution in [3.63, 3.8) is 0 Å². The maximum Gasteiger partial charge on any atom is 0.287 e. The Bertz CT molecular complexity index is 542. The Hall–Kier alpha value is -2.18. The van der Waals surface area contributed by atoms with Gasteiger partial charge in [-0.3, -0.25) is 4.79 Å². The summed E-state index contributed by atoms with van der Waals surface area (Å²) in [6.07, 6.45) is 6.09. The van der Waals surface area contributed by atoms with Crippen LogP contribution in [0.15, 0.2) is 22.8 Å². The first-order chi connectivity index (χ1) is 9.34. The maximum absolute atomic E-state index is 11.8. The smallest absolute Gasteiger partial charge is 0.287 e. The third kappa shape index (κ3) is 2.49. The summed E-state index contributed by atoms with van der Waals surface area (Å²) in [5.41, 5.74) is 0. The number of hydrogen-bond acceptors (Lipinski definition) is 5. The van der Waals surface area contributed by atoms with Crippen molar-refractivity contribution in [2.75, 3.05) is 0 Å². The lowest BCUT2D eigenvalue weighted by Gasteiger charge is -2.11. The molecule has 0 aromatic carbocycles. The van der Waals surface area contributed by atoms with Gasteiger partial charge in [-0.05, 0) is 35.4 Å². The van der Waals surface area contributed by atoms with Crippen LogP contribution in [0.25, 0.3) is 0 Å². The fourth-order valence-corrected chi connectivity index (χ4v) is 2.42. The van der Waals surface area contributed by atoms with E-state index in [1.807, 2.05) is 4.68 Å². The van der Waals surface area contributed by atoms with Crippen LogP contribution >= 0.6 is 0 Å². The number of nitrogens with zero attached hydrogens (tertiary/aromatic N) is 4. The SMILES string of the molecule is O=C(NCc1nnnn1C1CCCC1)c1ccco1. The van der Waals surface area contributed by atoms with Gasteiger partial charge >= 0.3 is 0 Å². The Morgan fingerprint density at radius 1 is 1.47 bits per heavy atom. The number of furan rings is 1. The zero-order valence-corrected chi connectivity index (χ0v) is 10.5.